The molecule has 0 fully saturated rings. The summed E-state index contributed by atoms with van der Waals surface area (Å²) in [7, 11) is 1.52. The Morgan fingerprint density at radius 1 is 1.19 bits per heavy atom. The van der Waals surface area contributed by atoms with Gasteiger partial charge in [-0.25, -0.2) is 4.39 Å². The average Bonchev–Trinajstić information content (AvgIpc) is 2.89. The Labute approximate surface area is 129 Å². The van der Waals surface area contributed by atoms with Crippen molar-refractivity contribution in [1.82, 2.24) is 0 Å². The van der Waals surface area contributed by atoms with Crippen molar-refractivity contribution in [3.05, 3.63) is 63.7 Å². The maximum absolute atomic E-state index is 13.2. The van der Waals surface area contributed by atoms with E-state index in [1.807, 2.05) is 0 Å². The van der Waals surface area contributed by atoms with Gasteiger partial charge in [-0.15, -0.1) is 11.3 Å². The van der Waals surface area contributed by atoms with Crippen LogP contribution in [0.3, 0.4) is 0 Å². The third kappa shape index (κ3) is 2.64. The lowest BCUT2D eigenvalue weighted by Crippen LogP contribution is -1.98. The Kier molecular flexibility index (Phi) is 3.66. The number of hydrogen-bond donors (Lipinski definition) is 0. The Morgan fingerprint density at radius 2 is 2.00 bits per heavy atom. The molecule has 0 N–H and O–H groups in total. The molecule has 2 nitrogen and oxygen atoms in total. The van der Waals surface area contributed by atoms with Gasteiger partial charge in [-0.1, -0.05) is 17.7 Å². The van der Waals surface area contributed by atoms with Crippen molar-refractivity contribution in [2.75, 3.05) is 7.11 Å². The van der Waals surface area contributed by atoms with Crippen LogP contribution in [0.15, 0.2) is 42.5 Å². The molecule has 0 radical (unpaired) electrons. The highest BCUT2D eigenvalue weighted by molar-refractivity contribution is 7.21. The lowest BCUT2D eigenvalue weighted by atomic mass is 10.1. The van der Waals surface area contributed by atoms with Gasteiger partial charge in [-0.05, 0) is 41.8 Å². The number of carbonyl (C=O) groups excluding carboxylic acids is 1. The van der Waals surface area contributed by atoms with Crippen LogP contribution >= 0.6 is 22.9 Å². The smallest absolute Gasteiger partial charge is 0.203 e. The quantitative estimate of drug-likeness (QED) is 0.639. The number of fused-ring (bicyclic) bond motifs is 1. The first-order chi connectivity index (χ1) is 10.1. The number of ketones is 1. The first-order valence-electron chi connectivity index (χ1n) is 6.16. The third-order valence-corrected chi connectivity index (χ3v) is 4.51. The predicted octanol–water partition coefficient (Wildman–Crippen LogP) is 4.93. The number of ether oxygens (including phenoxy) is 1. The number of carbonyl (C=O) groups is 1. The molecule has 3 aromatic rings. The van der Waals surface area contributed by atoms with Crippen LogP contribution in [0, 0.1) is 5.82 Å². The van der Waals surface area contributed by atoms with Gasteiger partial charge in [0, 0.05) is 10.3 Å². The van der Waals surface area contributed by atoms with Crippen LogP contribution in [0.1, 0.15) is 15.2 Å². The zero-order valence-electron chi connectivity index (χ0n) is 11.0. The van der Waals surface area contributed by atoms with E-state index in [2.05, 4.69) is 0 Å². The van der Waals surface area contributed by atoms with Crippen LogP contribution in [0.5, 0.6) is 5.75 Å². The number of methoxy groups -OCH3 is 1. The normalized spacial score (nSPS) is 10.8. The zero-order chi connectivity index (χ0) is 15.0. The van der Waals surface area contributed by atoms with Gasteiger partial charge >= 0.3 is 0 Å². The Hall–Kier alpha value is -1.91. The van der Waals surface area contributed by atoms with Crippen LogP contribution in [-0.4, -0.2) is 12.9 Å². The van der Waals surface area contributed by atoms with E-state index in [-0.39, 0.29) is 11.6 Å². The summed E-state index contributed by atoms with van der Waals surface area (Å²) in [4.78, 5) is 13.0. The summed E-state index contributed by atoms with van der Waals surface area (Å²) in [5.41, 5.74) is 0.479. The predicted molar refractivity (Wildman–Crippen MR) is 83.2 cm³/mol. The van der Waals surface area contributed by atoms with E-state index < -0.39 is 0 Å². The molecular weight excluding hydrogens is 311 g/mol. The van der Waals surface area contributed by atoms with E-state index >= 15 is 0 Å². The fourth-order valence-electron chi connectivity index (χ4n) is 2.07. The SMILES string of the molecule is COc1ccc(C(=O)c2cc3ccc(F)cc3s2)cc1Cl. The lowest BCUT2D eigenvalue weighted by Gasteiger charge is -2.04. The van der Waals surface area contributed by atoms with Crippen molar-refractivity contribution >= 4 is 38.8 Å². The molecule has 21 heavy (non-hydrogen) atoms. The molecule has 0 bridgehead atoms. The van der Waals surface area contributed by atoms with Crippen LogP contribution in [0.2, 0.25) is 5.02 Å². The van der Waals surface area contributed by atoms with Gasteiger partial charge in [-0.2, -0.15) is 0 Å². The summed E-state index contributed by atoms with van der Waals surface area (Å²) in [6.45, 7) is 0. The maximum Gasteiger partial charge on any atom is 0.203 e. The first kappa shape index (κ1) is 14.0. The molecule has 2 aromatic carbocycles. The molecule has 3 rings (SSSR count). The molecule has 1 aromatic heterocycles. The largest absolute Gasteiger partial charge is 0.495 e. The Morgan fingerprint density at radius 3 is 2.71 bits per heavy atom. The molecule has 0 aliphatic carbocycles. The van der Waals surface area contributed by atoms with Gasteiger partial charge in [0.1, 0.15) is 11.6 Å². The average molecular weight is 321 g/mol. The number of rotatable bonds is 3. The minimum atomic E-state index is -0.309. The van der Waals surface area contributed by atoms with Crippen molar-refractivity contribution in [3.63, 3.8) is 0 Å². The van der Waals surface area contributed by atoms with Crippen molar-refractivity contribution < 1.29 is 13.9 Å². The molecule has 0 saturated carbocycles. The number of thiophene rings is 1. The highest BCUT2D eigenvalue weighted by atomic mass is 35.5. The number of benzene rings is 2. The monoisotopic (exact) mass is 320 g/mol. The molecule has 106 valence electrons. The van der Waals surface area contributed by atoms with E-state index in [0.717, 1.165) is 10.1 Å². The van der Waals surface area contributed by atoms with Crippen LogP contribution in [-0.2, 0) is 0 Å². The maximum atomic E-state index is 13.2. The molecule has 0 amide bonds. The minimum Gasteiger partial charge on any atom is -0.495 e. The van der Waals surface area contributed by atoms with E-state index in [1.165, 1.54) is 30.6 Å². The molecule has 5 heteroatoms. The Balaban J connectivity index is 2.01. The van der Waals surface area contributed by atoms with Gasteiger partial charge in [0.2, 0.25) is 5.78 Å². The minimum absolute atomic E-state index is 0.138. The second-order valence-corrected chi connectivity index (χ2v) is 5.96. The zero-order valence-corrected chi connectivity index (χ0v) is 12.6. The summed E-state index contributed by atoms with van der Waals surface area (Å²) in [5, 5.41) is 1.24. The fraction of sp³-hybridized carbons (Fsp3) is 0.0625. The van der Waals surface area contributed by atoms with Crippen LogP contribution < -0.4 is 4.74 Å². The van der Waals surface area contributed by atoms with Gasteiger partial charge in [0.05, 0.1) is 17.0 Å². The van der Waals surface area contributed by atoms with Gasteiger partial charge in [0.15, 0.2) is 0 Å². The van der Waals surface area contributed by atoms with Crippen molar-refractivity contribution in [3.8, 4) is 5.75 Å². The number of halogens is 2. The summed E-state index contributed by atoms with van der Waals surface area (Å²) in [6.07, 6.45) is 0. The second-order valence-electron chi connectivity index (χ2n) is 4.47. The highest BCUT2D eigenvalue weighted by Crippen LogP contribution is 2.30. The van der Waals surface area contributed by atoms with Crippen molar-refractivity contribution in [2.24, 2.45) is 0 Å². The molecule has 0 aliphatic rings. The van der Waals surface area contributed by atoms with E-state index in [1.54, 1.807) is 30.3 Å². The number of hydrogen-bond acceptors (Lipinski definition) is 3. The molecule has 0 unspecified atom stereocenters. The van der Waals surface area contributed by atoms with Gasteiger partial charge in [-0.3, -0.25) is 4.79 Å². The van der Waals surface area contributed by atoms with Crippen LogP contribution in [0.25, 0.3) is 10.1 Å². The summed E-state index contributed by atoms with van der Waals surface area (Å²) < 4.78 is 19.0. The molecular formula is C16H10ClFO2S. The summed E-state index contributed by atoms with van der Waals surface area (Å²) in [5.74, 6) is 0.0728. The Bertz CT molecular complexity index is 841. The standard InChI is InChI=1S/C16H10ClFO2S/c1-20-13-5-3-10(6-12(13)17)16(19)15-7-9-2-4-11(18)8-14(9)21-15/h2-8H,1H3. The lowest BCUT2D eigenvalue weighted by molar-refractivity contribution is 0.104. The van der Waals surface area contributed by atoms with Crippen LogP contribution in [0.4, 0.5) is 4.39 Å². The van der Waals surface area contributed by atoms with Gasteiger partial charge < -0.3 is 4.74 Å². The third-order valence-electron chi connectivity index (χ3n) is 3.12. The van der Waals surface area contributed by atoms with E-state index in [0.29, 0.717) is 21.2 Å². The summed E-state index contributed by atoms with van der Waals surface area (Å²) in [6, 6.07) is 11.1. The molecule has 0 spiro atoms. The highest BCUT2D eigenvalue weighted by Gasteiger charge is 2.14. The summed E-state index contributed by atoms with van der Waals surface area (Å²) >= 11 is 7.30. The molecule has 0 atom stereocenters. The fourth-order valence-corrected chi connectivity index (χ4v) is 3.37. The second kappa shape index (κ2) is 5.47. The van der Waals surface area contributed by atoms with Crippen molar-refractivity contribution in [2.45, 2.75) is 0 Å². The first-order valence-corrected chi connectivity index (χ1v) is 7.35. The van der Waals surface area contributed by atoms with Crippen molar-refractivity contribution in [1.29, 1.82) is 0 Å². The molecule has 1 heterocycles. The van der Waals surface area contributed by atoms with E-state index in [4.69, 9.17) is 16.3 Å². The topological polar surface area (TPSA) is 26.3 Å². The van der Waals surface area contributed by atoms with E-state index in [9.17, 15) is 9.18 Å². The molecule has 0 saturated heterocycles. The van der Waals surface area contributed by atoms with Gasteiger partial charge in [0.25, 0.3) is 0 Å². The molecule has 0 aliphatic heterocycles.